The number of rotatable bonds is 11. The lowest BCUT2D eigenvalue weighted by Gasteiger charge is -2.24. The average Bonchev–Trinajstić information content (AvgIpc) is 2.76. The van der Waals surface area contributed by atoms with Crippen molar-refractivity contribution in [1.29, 1.82) is 0 Å². The summed E-state index contributed by atoms with van der Waals surface area (Å²) < 4.78 is 44.1. The molecule has 0 radical (unpaired) electrons. The third-order valence-corrected chi connectivity index (χ3v) is 5.50. The van der Waals surface area contributed by atoms with Crippen LogP contribution in [0.1, 0.15) is 12.5 Å². The first-order valence-electron chi connectivity index (χ1n) is 9.59. The summed E-state index contributed by atoms with van der Waals surface area (Å²) in [7, 11) is 0.956. The predicted octanol–water partition coefficient (Wildman–Crippen LogP) is 3.11. The van der Waals surface area contributed by atoms with E-state index >= 15 is 0 Å². The molecule has 2 aromatic carbocycles. The topological polar surface area (TPSA) is 103 Å². The van der Waals surface area contributed by atoms with E-state index < -0.39 is 10.1 Å². The van der Waals surface area contributed by atoms with Crippen LogP contribution in [-0.4, -0.2) is 59.6 Å². The maximum Gasteiger partial charge on any atom is 0.322 e. The number of ether oxygens (including phenoxy) is 3. The Morgan fingerprint density at radius 1 is 1.03 bits per heavy atom. The van der Waals surface area contributed by atoms with Crippen LogP contribution >= 0.6 is 0 Å². The third-order valence-electron chi connectivity index (χ3n) is 4.35. The van der Waals surface area contributed by atoms with Crippen molar-refractivity contribution in [3.05, 3.63) is 48.0 Å². The highest BCUT2D eigenvalue weighted by atomic mass is 32.2. The fourth-order valence-corrected chi connectivity index (χ4v) is 3.19. The van der Waals surface area contributed by atoms with Crippen LogP contribution in [0.4, 0.5) is 10.5 Å². The zero-order chi connectivity index (χ0) is 22.9. The number of carbonyl (C=O) groups is 1. The van der Waals surface area contributed by atoms with Crippen molar-refractivity contribution in [2.75, 3.05) is 45.6 Å². The molecule has 0 saturated carbocycles. The van der Waals surface area contributed by atoms with Crippen molar-refractivity contribution in [1.82, 2.24) is 4.90 Å². The monoisotopic (exact) mass is 452 g/mol. The largest absolute Gasteiger partial charge is 0.497 e. The minimum Gasteiger partial charge on any atom is -0.497 e. The highest BCUT2D eigenvalue weighted by Gasteiger charge is 2.17. The number of methoxy groups -OCH3 is 3. The highest BCUT2D eigenvalue weighted by molar-refractivity contribution is 7.87. The number of hydrogen-bond acceptors (Lipinski definition) is 7. The molecule has 2 aromatic rings. The van der Waals surface area contributed by atoms with Crippen molar-refractivity contribution in [3.8, 4) is 17.2 Å². The van der Waals surface area contributed by atoms with E-state index in [1.54, 1.807) is 61.6 Å². The van der Waals surface area contributed by atoms with Crippen molar-refractivity contribution in [2.45, 2.75) is 13.5 Å². The zero-order valence-electron chi connectivity index (χ0n) is 18.1. The Morgan fingerprint density at radius 3 is 2.45 bits per heavy atom. The van der Waals surface area contributed by atoms with Crippen LogP contribution in [0.3, 0.4) is 0 Å². The molecule has 0 saturated heterocycles. The van der Waals surface area contributed by atoms with Crippen molar-refractivity contribution < 1.29 is 31.6 Å². The Balaban J connectivity index is 2.19. The van der Waals surface area contributed by atoms with E-state index in [-0.39, 0.29) is 24.1 Å². The van der Waals surface area contributed by atoms with Gasteiger partial charge in [0.25, 0.3) is 0 Å². The molecule has 0 aromatic heterocycles. The smallest absolute Gasteiger partial charge is 0.322 e. The average molecular weight is 453 g/mol. The summed E-state index contributed by atoms with van der Waals surface area (Å²) in [5, 5.41) is 2.83. The second kappa shape index (κ2) is 11.4. The maximum absolute atomic E-state index is 13.0. The van der Waals surface area contributed by atoms with E-state index in [9.17, 15) is 13.2 Å². The van der Waals surface area contributed by atoms with Crippen LogP contribution in [0, 0.1) is 0 Å². The summed E-state index contributed by atoms with van der Waals surface area (Å²) in [6.45, 7) is 2.37. The molecule has 0 aliphatic rings. The fourth-order valence-electron chi connectivity index (χ4n) is 2.67. The van der Waals surface area contributed by atoms with E-state index in [0.29, 0.717) is 35.9 Å². The highest BCUT2D eigenvalue weighted by Crippen LogP contribution is 2.29. The summed E-state index contributed by atoms with van der Waals surface area (Å²) in [4.78, 5) is 14.5. The summed E-state index contributed by atoms with van der Waals surface area (Å²) in [6.07, 6.45) is 0. The van der Waals surface area contributed by atoms with E-state index in [2.05, 4.69) is 5.32 Å². The molecule has 1 N–H and O–H groups in total. The van der Waals surface area contributed by atoms with Gasteiger partial charge in [-0.3, -0.25) is 0 Å². The second-order valence-corrected chi connectivity index (χ2v) is 8.35. The Labute approximate surface area is 183 Å². The van der Waals surface area contributed by atoms with E-state index in [0.717, 1.165) is 0 Å². The van der Waals surface area contributed by atoms with Crippen LogP contribution in [0.5, 0.6) is 17.2 Å². The van der Waals surface area contributed by atoms with Gasteiger partial charge < -0.3 is 28.6 Å². The molecule has 0 atom stereocenters. The molecule has 170 valence electrons. The Hall–Kier alpha value is -2.98. The van der Waals surface area contributed by atoms with E-state index in [4.69, 9.17) is 18.4 Å². The predicted molar refractivity (Wildman–Crippen MR) is 117 cm³/mol. The molecule has 10 heteroatoms. The summed E-state index contributed by atoms with van der Waals surface area (Å²) >= 11 is 0. The molecule has 0 aliphatic heterocycles. The second-order valence-electron chi connectivity index (χ2n) is 6.49. The normalized spacial score (nSPS) is 11.0. The van der Waals surface area contributed by atoms with E-state index in [1.807, 2.05) is 0 Å². The number of benzene rings is 2. The minimum absolute atomic E-state index is 0.136. The summed E-state index contributed by atoms with van der Waals surface area (Å²) in [5.74, 6) is 1.12. The Bertz CT molecular complexity index is 979. The Morgan fingerprint density at radius 2 is 1.81 bits per heavy atom. The lowest BCUT2D eigenvalue weighted by Crippen LogP contribution is -2.37. The number of nitrogens with one attached hydrogen (secondary N) is 1. The van der Waals surface area contributed by atoms with Gasteiger partial charge in [-0.1, -0.05) is 12.1 Å². The molecule has 0 bridgehead atoms. The number of amides is 2. The van der Waals surface area contributed by atoms with E-state index in [1.165, 1.54) is 14.0 Å². The van der Waals surface area contributed by atoms with Gasteiger partial charge in [-0.25, -0.2) is 4.79 Å². The first kappa shape index (κ1) is 24.3. The number of hydrogen-bond donors (Lipinski definition) is 1. The van der Waals surface area contributed by atoms with Crippen LogP contribution in [0.2, 0.25) is 0 Å². The van der Waals surface area contributed by atoms with Gasteiger partial charge in [0.1, 0.15) is 17.2 Å². The molecular weight excluding hydrogens is 424 g/mol. The molecule has 2 amide bonds. The third kappa shape index (κ3) is 7.34. The molecule has 2 rings (SSSR count). The number of anilines is 1. The molecule has 0 unspecified atom stereocenters. The van der Waals surface area contributed by atoms with Gasteiger partial charge in [0.2, 0.25) is 0 Å². The first-order valence-corrected chi connectivity index (χ1v) is 11.2. The lowest BCUT2D eigenvalue weighted by molar-refractivity contribution is 0.152. The van der Waals surface area contributed by atoms with Crippen LogP contribution < -0.4 is 19.0 Å². The zero-order valence-corrected chi connectivity index (χ0v) is 18.9. The number of carbonyl (C=O) groups excluding carboxylic acids is 1. The van der Waals surface area contributed by atoms with Gasteiger partial charge >= 0.3 is 16.1 Å². The van der Waals surface area contributed by atoms with Gasteiger partial charge in [0, 0.05) is 26.3 Å². The molecule has 0 aliphatic carbocycles. The van der Waals surface area contributed by atoms with Crippen LogP contribution in [-0.2, 0) is 21.4 Å². The van der Waals surface area contributed by atoms with Gasteiger partial charge in [0.15, 0.2) is 0 Å². The maximum atomic E-state index is 13.0. The number of urea groups is 1. The first-order chi connectivity index (χ1) is 14.8. The van der Waals surface area contributed by atoms with Gasteiger partial charge in [-0.2, -0.15) is 8.42 Å². The van der Waals surface area contributed by atoms with Gasteiger partial charge in [-0.15, -0.1) is 0 Å². The quantitative estimate of drug-likeness (QED) is 0.523. The molecular formula is C21H28N2O7S. The molecule has 31 heavy (non-hydrogen) atoms. The summed E-state index contributed by atoms with van der Waals surface area (Å²) in [5.41, 5.74) is 1.19. The molecule has 0 spiro atoms. The van der Waals surface area contributed by atoms with Gasteiger partial charge in [-0.05, 0) is 36.8 Å². The standard InChI is InChI=1S/C21H28N2O7S/c1-5-31(25,26)30-18-8-6-7-16(13-18)15-23(11-12-27-2)21(24)22-19-10-9-17(28-3)14-20(19)29-4/h6-10,13-14H,5,11-12,15H2,1-4H3,(H,22,24). The SMILES string of the molecule is CCS(=O)(=O)Oc1cccc(CN(CCOC)C(=O)Nc2ccc(OC)cc2OC)c1. The van der Waals surface area contributed by atoms with Crippen LogP contribution in [0.15, 0.2) is 42.5 Å². The molecule has 0 fully saturated rings. The van der Waals surface area contributed by atoms with Crippen molar-refractivity contribution in [3.63, 3.8) is 0 Å². The van der Waals surface area contributed by atoms with Crippen molar-refractivity contribution in [2.24, 2.45) is 0 Å². The number of nitrogens with zero attached hydrogens (tertiary/aromatic N) is 1. The van der Waals surface area contributed by atoms with Gasteiger partial charge in [0.05, 0.1) is 32.3 Å². The van der Waals surface area contributed by atoms with Crippen molar-refractivity contribution >= 4 is 21.8 Å². The lowest BCUT2D eigenvalue weighted by atomic mass is 10.2. The molecule has 9 nitrogen and oxygen atoms in total. The minimum atomic E-state index is -3.64. The molecule has 0 heterocycles. The Kier molecular flexibility index (Phi) is 8.95. The van der Waals surface area contributed by atoms with Crippen LogP contribution in [0.25, 0.3) is 0 Å². The summed E-state index contributed by atoms with van der Waals surface area (Å²) in [6, 6.07) is 11.3. The fraction of sp³-hybridized carbons (Fsp3) is 0.381.